The smallest absolute Gasteiger partial charge is 0.310 e. The quantitative estimate of drug-likeness (QED) is 0.802. The van der Waals surface area contributed by atoms with Gasteiger partial charge in [0.05, 0.1) is 5.92 Å². The van der Waals surface area contributed by atoms with Gasteiger partial charge in [-0.15, -0.1) is 0 Å². The van der Waals surface area contributed by atoms with Gasteiger partial charge >= 0.3 is 5.97 Å². The number of hydrogen-bond donors (Lipinski definition) is 2. The number of anilines is 1. The first-order chi connectivity index (χ1) is 7.99. The number of aryl methyl sites for hydroxylation is 1. The summed E-state index contributed by atoms with van der Waals surface area (Å²) in [6.45, 7) is 2.85. The summed E-state index contributed by atoms with van der Waals surface area (Å²) in [5, 5.41) is 8.78. The Morgan fingerprint density at radius 3 is 2.53 bits per heavy atom. The maximum absolute atomic E-state index is 11.1. The van der Waals surface area contributed by atoms with Crippen LogP contribution in [0.1, 0.15) is 15.9 Å². The molecule has 1 saturated heterocycles. The van der Waals surface area contributed by atoms with Gasteiger partial charge in [-0.25, -0.2) is 0 Å². The zero-order chi connectivity index (χ0) is 12.6. The van der Waals surface area contributed by atoms with Crippen molar-refractivity contribution < 1.29 is 14.7 Å². The zero-order valence-electron chi connectivity index (χ0n) is 9.51. The van der Waals surface area contributed by atoms with Crippen molar-refractivity contribution in [2.24, 2.45) is 11.7 Å². The lowest BCUT2D eigenvalue weighted by molar-refractivity contribution is -0.142. The number of carboxylic acid groups (broad SMARTS) is 1. The predicted molar refractivity (Wildman–Crippen MR) is 63.0 cm³/mol. The van der Waals surface area contributed by atoms with E-state index >= 15 is 0 Å². The lowest BCUT2D eigenvalue weighted by Gasteiger charge is -2.38. The Kier molecular flexibility index (Phi) is 2.75. The van der Waals surface area contributed by atoms with Crippen LogP contribution in [0.25, 0.3) is 0 Å². The van der Waals surface area contributed by atoms with Crippen molar-refractivity contribution in [3.63, 3.8) is 0 Å². The van der Waals surface area contributed by atoms with E-state index < -0.39 is 11.9 Å². The van der Waals surface area contributed by atoms with Crippen molar-refractivity contribution in [2.75, 3.05) is 18.0 Å². The van der Waals surface area contributed by atoms with Crippen LogP contribution in [0.2, 0.25) is 0 Å². The molecule has 0 aromatic heterocycles. The molecule has 0 unspecified atom stereocenters. The minimum absolute atomic E-state index is 0.286. The minimum atomic E-state index is -0.758. The maximum Gasteiger partial charge on any atom is 0.310 e. The summed E-state index contributed by atoms with van der Waals surface area (Å²) in [5.41, 5.74) is 7.47. The molecular weight excluding hydrogens is 220 g/mol. The molecule has 3 N–H and O–H groups in total. The predicted octanol–water partition coefficient (Wildman–Crippen LogP) is 0.615. The summed E-state index contributed by atoms with van der Waals surface area (Å²) in [5.74, 6) is -1.49. The van der Waals surface area contributed by atoms with Crippen LogP contribution in [0.15, 0.2) is 18.2 Å². The summed E-state index contributed by atoms with van der Waals surface area (Å²) in [7, 11) is 0. The molecule has 1 aliphatic heterocycles. The SMILES string of the molecule is Cc1cc(N2CC(C(=O)O)C2)ccc1C(N)=O. The highest BCUT2D eigenvalue weighted by Crippen LogP contribution is 2.26. The van der Waals surface area contributed by atoms with E-state index in [0.717, 1.165) is 11.3 Å². The highest BCUT2D eigenvalue weighted by Gasteiger charge is 2.32. The summed E-state index contributed by atoms with van der Waals surface area (Å²) in [6.07, 6.45) is 0. The first kappa shape index (κ1) is 11.4. The van der Waals surface area contributed by atoms with Crippen LogP contribution in [0.4, 0.5) is 5.69 Å². The number of carboxylic acids is 1. The van der Waals surface area contributed by atoms with Crippen LogP contribution in [0, 0.1) is 12.8 Å². The number of carbonyl (C=O) groups excluding carboxylic acids is 1. The van der Waals surface area contributed by atoms with Gasteiger partial charge in [0.1, 0.15) is 0 Å². The second-order valence-electron chi connectivity index (χ2n) is 4.30. The Bertz CT molecular complexity index is 479. The highest BCUT2D eigenvalue weighted by atomic mass is 16.4. The van der Waals surface area contributed by atoms with Crippen LogP contribution < -0.4 is 10.6 Å². The molecule has 1 aromatic carbocycles. The first-order valence-corrected chi connectivity index (χ1v) is 5.37. The van der Waals surface area contributed by atoms with Gasteiger partial charge in [-0.3, -0.25) is 9.59 Å². The highest BCUT2D eigenvalue weighted by molar-refractivity contribution is 5.94. The Morgan fingerprint density at radius 2 is 2.06 bits per heavy atom. The third-order valence-corrected chi connectivity index (χ3v) is 3.07. The molecule has 17 heavy (non-hydrogen) atoms. The fraction of sp³-hybridized carbons (Fsp3) is 0.333. The van der Waals surface area contributed by atoms with Crippen molar-refractivity contribution in [1.82, 2.24) is 0 Å². The van der Waals surface area contributed by atoms with E-state index in [1.165, 1.54) is 0 Å². The van der Waals surface area contributed by atoms with Crippen molar-refractivity contribution in [1.29, 1.82) is 0 Å². The second-order valence-corrected chi connectivity index (χ2v) is 4.30. The molecule has 0 bridgehead atoms. The average molecular weight is 234 g/mol. The zero-order valence-corrected chi connectivity index (χ0v) is 9.51. The van der Waals surface area contributed by atoms with Gasteiger partial charge in [0, 0.05) is 24.3 Å². The maximum atomic E-state index is 11.1. The molecule has 0 radical (unpaired) electrons. The van der Waals surface area contributed by atoms with Gasteiger partial charge in [0.15, 0.2) is 0 Å². The van der Waals surface area contributed by atoms with Crippen LogP contribution in [0.5, 0.6) is 0 Å². The standard InChI is InChI=1S/C12H14N2O3/c1-7-4-9(2-3-10(7)11(13)15)14-5-8(6-14)12(16)17/h2-4,8H,5-6H2,1H3,(H2,13,15)(H,16,17). The molecule has 1 heterocycles. The molecule has 1 amide bonds. The fourth-order valence-corrected chi connectivity index (χ4v) is 1.97. The van der Waals surface area contributed by atoms with Crippen molar-refractivity contribution >= 4 is 17.6 Å². The molecule has 5 heteroatoms. The summed E-state index contributed by atoms with van der Waals surface area (Å²) in [4.78, 5) is 23.7. The molecule has 0 aliphatic carbocycles. The largest absolute Gasteiger partial charge is 0.481 e. The molecule has 90 valence electrons. The minimum Gasteiger partial charge on any atom is -0.481 e. The van der Waals surface area contributed by atoms with E-state index in [1.807, 2.05) is 17.9 Å². The summed E-state index contributed by atoms with van der Waals surface area (Å²) < 4.78 is 0. The van der Waals surface area contributed by atoms with Gasteiger partial charge in [-0.05, 0) is 30.7 Å². The summed E-state index contributed by atoms with van der Waals surface area (Å²) in [6, 6.07) is 5.34. The lowest BCUT2D eigenvalue weighted by Crippen LogP contribution is -2.50. The van der Waals surface area contributed by atoms with E-state index in [9.17, 15) is 9.59 Å². The molecule has 1 fully saturated rings. The molecule has 1 aromatic rings. The van der Waals surface area contributed by atoms with Crippen LogP contribution in [-0.2, 0) is 4.79 Å². The second kappa shape index (κ2) is 4.08. The van der Waals surface area contributed by atoms with E-state index in [0.29, 0.717) is 18.7 Å². The molecule has 0 spiro atoms. The number of benzene rings is 1. The van der Waals surface area contributed by atoms with E-state index in [-0.39, 0.29) is 5.92 Å². The number of amides is 1. The third-order valence-electron chi connectivity index (χ3n) is 3.07. The number of nitrogens with two attached hydrogens (primary N) is 1. The van der Waals surface area contributed by atoms with Crippen molar-refractivity contribution in [3.05, 3.63) is 29.3 Å². The van der Waals surface area contributed by atoms with Crippen molar-refractivity contribution in [3.8, 4) is 0 Å². The van der Waals surface area contributed by atoms with Crippen molar-refractivity contribution in [2.45, 2.75) is 6.92 Å². The topological polar surface area (TPSA) is 83.6 Å². The Balaban J connectivity index is 2.12. The number of nitrogens with zero attached hydrogens (tertiary/aromatic N) is 1. The molecule has 0 atom stereocenters. The molecular formula is C12H14N2O3. The number of carbonyl (C=O) groups is 2. The first-order valence-electron chi connectivity index (χ1n) is 5.37. The molecule has 2 rings (SSSR count). The molecule has 0 saturated carbocycles. The van der Waals surface area contributed by atoms with E-state index in [2.05, 4.69) is 0 Å². The van der Waals surface area contributed by atoms with Gasteiger partial charge in [0.25, 0.3) is 0 Å². The number of rotatable bonds is 3. The van der Waals surface area contributed by atoms with E-state index in [4.69, 9.17) is 10.8 Å². The van der Waals surface area contributed by atoms with Crippen LogP contribution >= 0.6 is 0 Å². The normalized spacial score (nSPS) is 15.5. The number of primary amides is 1. The van der Waals surface area contributed by atoms with Gasteiger partial charge in [-0.2, -0.15) is 0 Å². The molecule has 1 aliphatic rings. The van der Waals surface area contributed by atoms with Crippen LogP contribution in [-0.4, -0.2) is 30.1 Å². The van der Waals surface area contributed by atoms with Gasteiger partial charge in [-0.1, -0.05) is 0 Å². The van der Waals surface area contributed by atoms with Crippen LogP contribution in [0.3, 0.4) is 0 Å². The number of aliphatic carboxylic acids is 1. The Labute approximate surface area is 98.8 Å². The Hall–Kier alpha value is -2.04. The van der Waals surface area contributed by atoms with Gasteiger partial charge < -0.3 is 15.7 Å². The fourth-order valence-electron chi connectivity index (χ4n) is 1.97. The summed E-state index contributed by atoms with van der Waals surface area (Å²) >= 11 is 0. The lowest BCUT2D eigenvalue weighted by atomic mass is 9.98. The Morgan fingerprint density at radius 1 is 1.41 bits per heavy atom. The monoisotopic (exact) mass is 234 g/mol. The number of hydrogen-bond acceptors (Lipinski definition) is 3. The third kappa shape index (κ3) is 2.08. The average Bonchev–Trinajstić information content (AvgIpc) is 2.13. The van der Waals surface area contributed by atoms with Gasteiger partial charge in [0.2, 0.25) is 5.91 Å². The molecule has 5 nitrogen and oxygen atoms in total. The van der Waals surface area contributed by atoms with E-state index in [1.54, 1.807) is 12.1 Å².